The fraction of sp³-hybridized carbons (Fsp3) is 0.280. The van der Waals surface area contributed by atoms with Gasteiger partial charge in [-0.3, -0.25) is 14.6 Å². The summed E-state index contributed by atoms with van der Waals surface area (Å²) in [6.07, 6.45) is 2.39. The largest absolute Gasteiger partial charge is 0.497 e. The van der Waals surface area contributed by atoms with Gasteiger partial charge in [-0.15, -0.1) is 0 Å². The fourth-order valence-electron chi connectivity index (χ4n) is 4.81. The number of hydrogen-bond acceptors (Lipinski definition) is 5. The number of benzene rings is 2. The van der Waals surface area contributed by atoms with Gasteiger partial charge in [-0.05, 0) is 54.8 Å². The minimum Gasteiger partial charge on any atom is -0.497 e. The van der Waals surface area contributed by atoms with Crippen LogP contribution in [0.3, 0.4) is 0 Å². The van der Waals surface area contributed by atoms with Crippen LogP contribution in [0, 0.1) is 0 Å². The van der Waals surface area contributed by atoms with E-state index in [1.165, 1.54) is 0 Å². The van der Waals surface area contributed by atoms with Crippen molar-refractivity contribution in [1.29, 1.82) is 0 Å². The lowest BCUT2D eigenvalue weighted by atomic mass is 9.74. The van der Waals surface area contributed by atoms with Gasteiger partial charge < -0.3 is 13.9 Å². The van der Waals surface area contributed by atoms with Gasteiger partial charge in [0, 0.05) is 12.2 Å². The van der Waals surface area contributed by atoms with Gasteiger partial charge in [0.2, 0.25) is 0 Å². The molecule has 2 fully saturated rings. The number of ether oxygens (including phenoxy) is 2. The van der Waals surface area contributed by atoms with Gasteiger partial charge >= 0.3 is 6.09 Å². The van der Waals surface area contributed by atoms with Crippen molar-refractivity contribution in [3.05, 3.63) is 84.3 Å². The van der Waals surface area contributed by atoms with Crippen LogP contribution in [0.25, 0.3) is 0 Å². The van der Waals surface area contributed by atoms with Crippen molar-refractivity contribution in [3.63, 3.8) is 0 Å². The summed E-state index contributed by atoms with van der Waals surface area (Å²) in [4.78, 5) is 30.0. The maximum absolute atomic E-state index is 13.6. The van der Waals surface area contributed by atoms with E-state index in [-0.39, 0.29) is 12.5 Å². The molecule has 164 valence electrons. The molecule has 1 aromatic heterocycles. The van der Waals surface area contributed by atoms with E-state index in [1.54, 1.807) is 29.2 Å². The SMILES string of the molecule is COc1ccc(N2C(=O)[C@@]3(CCCN3C(=O)OCc3ccccc3)[C@@H]2c2ccco2)cc1. The molecule has 7 nitrogen and oxygen atoms in total. The standard InChI is InChI=1S/C25H24N2O5/c1-30-20-12-10-19(11-13-20)27-22(21-9-5-16-31-21)25(23(27)28)14-6-15-26(25)24(29)32-17-18-7-3-2-4-8-18/h2-5,7-13,16,22H,6,14-15,17H2,1H3/t22-,25+/m0/s1. The summed E-state index contributed by atoms with van der Waals surface area (Å²) in [7, 11) is 1.60. The van der Waals surface area contributed by atoms with Crippen LogP contribution < -0.4 is 9.64 Å². The molecule has 2 aromatic carbocycles. The van der Waals surface area contributed by atoms with Crippen LogP contribution in [-0.2, 0) is 16.1 Å². The second kappa shape index (κ2) is 8.07. The van der Waals surface area contributed by atoms with E-state index in [1.807, 2.05) is 60.7 Å². The van der Waals surface area contributed by atoms with E-state index in [2.05, 4.69) is 0 Å². The van der Waals surface area contributed by atoms with Crippen molar-refractivity contribution in [3.8, 4) is 5.75 Å². The number of methoxy groups -OCH3 is 1. The van der Waals surface area contributed by atoms with Gasteiger partial charge in [0.05, 0.1) is 13.4 Å². The molecule has 2 atom stereocenters. The zero-order valence-electron chi connectivity index (χ0n) is 17.8. The third kappa shape index (κ3) is 3.12. The Labute approximate surface area is 186 Å². The molecule has 1 spiro atoms. The third-order valence-electron chi connectivity index (χ3n) is 6.31. The fourth-order valence-corrected chi connectivity index (χ4v) is 4.81. The van der Waals surface area contributed by atoms with Crippen LogP contribution in [0.15, 0.2) is 77.4 Å². The van der Waals surface area contributed by atoms with Gasteiger partial charge in [0.25, 0.3) is 5.91 Å². The van der Waals surface area contributed by atoms with Crippen LogP contribution in [0.5, 0.6) is 5.75 Å². The second-order valence-electron chi connectivity index (χ2n) is 8.01. The maximum Gasteiger partial charge on any atom is 0.411 e. The Balaban J connectivity index is 1.44. The molecule has 0 aliphatic carbocycles. The molecule has 7 heteroatoms. The van der Waals surface area contributed by atoms with Crippen LogP contribution in [0.4, 0.5) is 10.5 Å². The van der Waals surface area contributed by atoms with Crippen molar-refractivity contribution in [2.24, 2.45) is 0 Å². The first-order valence-electron chi connectivity index (χ1n) is 10.6. The number of carbonyl (C=O) groups excluding carboxylic acids is 2. The Morgan fingerprint density at radius 3 is 2.56 bits per heavy atom. The van der Waals surface area contributed by atoms with Gasteiger partial charge in [-0.1, -0.05) is 30.3 Å². The first-order valence-corrected chi connectivity index (χ1v) is 10.6. The molecule has 5 rings (SSSR count). The summed E-state index contributed by atoms with van der Waals surface area (Å²) in [5.74, 6) is 1.22. The normalized spacial score (nSPS) is 22.2. The van der Waals surface area contributed by atoms with Crippen LogP contribution >= 0.6 is 0 Å². The van der Waals surface area contributed by atoms with E-state index in [9.17, 15) is 9.59 Å². The van der Waals surface area contributed by atoms with Crippen molar-refractivity contribution in [2.45, 2.75) is 31.0 Å². The molecule has 3 aromatic rings. The Kier molecular flexibility index (Phi) is 5.09. The molecule has 0 radical (unpaired) electrons. The molecule has 32 heavy (non-hydrogen) atoms. The Morgan fingerprint density at radius 2 is 1.88 bits per heavy atom. The first-order chi connectivity index (χ1) is 15.6. The Morgan fingerprint density at radius 1 is 1.09 bits per heavy atom. The summed E-state index contributed by atoms with van der Waals surface area (Å²) in [5.41, 5.74) is 0.620. The minimum absolute atomic E-state index is 0.127. The zero-order chi connectivity index (χ0) is 22.1. The molecular formula is C25H24N2O5. The summed E-state index contributed by atoms with van der Waals surface area (Å²) in [6.45, 7) is 0.626. The summed E-state index contributed by atoms with van der Waals surface area (Å²) < 4.78 is 16.6. The molecule has 2 aliphatic heterocycles. The van der Waals surface area contributed by atoms with E-state index in [4.69, 9.17) is 13.9 Å². The van der Waals surface area contributed by atoms with Crippen molar-refractivity contribution in [1.82, 2.24) is 4.90 Å². The lowest BCUT2D eigenvalue weighted by molar-refractivity contribution is -0.141. The van der Waals surface area contributed by atoms with Gasteiger partial charge in [-0.2, -0.15) is 0 Å². The van der Waals surface area contributed by atoms with Crippen LogP contribution in [0.1, 0.15) is 30.2 Å². The van der Waals surface area contributed by atoms with E-state index in [0.29, 0.717) is 24.5 Å². The second-order valence-corrected chi connectivity index (χ2v) is 8.01. The summed E-state index contributed by atoms with van der Waals surface area (Å²) >= 11 is 0. The average Bonchev–Trinajstić information content (AvgIpc) is 3.53. The van der Waals surface area contributed by atoms with Crippen molar-refractivity contribution >= 4 is 17.7 Å². The van der Waals surface area contributed by atoms with E-state index >= 15 is 0 Å². The monoisotopic (exact) mass is 432 g/mol. The van der Waals surface area contributed by atoms with Gasteiger partial charge in [-0.25, -0.2) is 4.79 Å². The Bertz CT molecular complexity index is 1100. The highest BCUT2D eigenvalue weighted by Crippen LogP contribution is 2.54. The Hall–Kier alpha value is -3.74. The number of nitrogens with zero attached hydrogens (tertiary/aromatic N) is 2. The molecule has 3 heterocycles. The predicted octanol–water partition coefficient (Wildman–Crippen LogP) is 4.55. The number of hydrogen-bond donors (Lipinski definition) is 0. The molecule has 2 saturated heterocycles. The number of furan rings is 1. The topological polar surface area (TPSA) is 72.2 Å². The summed E-state index contributed by atoms with van der Waals surface area (Å²) in [6, 6.07) is 20.0. The molecule has 2 aliphatic rings. The van der Waals surface area contributed by atoms with E-state index in [0.717, 1.165) is 17.7 Å². The average molecular weight is 432 g/mol. The number of anilines is 1. The van der Waals surface area contributed by atoms with Gasteiger partial charge in [0.1, 0.15) is 24.2 Å². The lowest BCUT2D eigenvalue weighted by Gasteiger charge is -2.56. The highest BCUT2D eigenvalue weighted by Gasteiger charge is 2.69. The number of amides is 2. The zero-order valence-corrected chi connectivity index (χ0v) is 17.8. The molecule has 0 unspecified atom stereocenters. The lowest BCUT2D eigenvalue weighted by Crippen LogP contribution is -2.74. The highest BCUT2D eigenvalue weighted by molar-refractivity contribution is 6.10. The van der Waals surface area contributed by atoms with Crippen molar-refractivity contribution < 1.29 is 23.5 Å². The van der Waals surface area contributed by atoms with Crippen LogP contribution in [-0.4, -0.2) is 36.1 Å². The number of rotatable bonds is 5. The molecular weight excluding hydrogens is 408 g/mol. The van der Waals surface area contributed by atoms with Gasteiger partial charge in [0.15, 0.2) is 5.54 Å². The summed E-state index contributed by atoms with van der Waals surface area (Å²) in [5, 5.41) is 0. The first kappa shape index (κ1) is 20.2. The smallest absolute Gasteiger partial charge is 0.411 e. The minimum atomic E-state index is -1.01. The number of carbonyl (C=O) groups is 2. The van der Waals surface area contributed by atoms with Crippen LogP contribution in [0.2, 0.25) is 0 Å². The van der Waals surface area contributed by atoms with Crippen molar-refractivity contribution in [2.75, 3.05) is 18.6 Å². The molecule has 0 N–H and O–H groups in total. The maximum atomic E-state index is 13.6. The molecule has 0 bridgehead atoms. The third-order valence-corrected chi connectivity index (χ3v) is 6.31. The van der Waals surface area contributed by atoms with E-state index < -0.39 is 17.7 Å². The molecule has 0 saturated carbocycles. The highest BCUT2D eigenvalue weighted by atomic mass is 16.6. The number of likely N-dealkylation sites (tertiary alicyclic amines) is 1. The molecule has 2 amide bonds. The predicted molar refractivity (Wildman–Crippen MR) is 117 cm³/mol. The number of β-lactam (4-membered cyclic amide) rings is 1. The quantitative estimate of drug-likeness (QED) is 0.553.